The highest BCUT2D eigenvalue weighted by Crippen LogP contribution is 2.31. The first-order valence-electron chi connectivity index (χ1n) is 9.84. The minimum absolute atomic E-state index is 0.104. The molecule has 2 atom stereocenters. The van der Waals surface area contributed by atoms with E-state index in [9.17, 15) is 23.2 Å². The van der Waals surface area contributed by atoms with Gasteiger partial charge in [-0.3, -0.25) is 19.3 Å². The second kappa shape index (κ2) is 9.22. The molecule has 1 aliphatic heterocycles. The van der Waals surface area contributed by atoms with Crippen LogP contribution in [0.1, 0.15) is 20.3 Å². The van der Waals surface area contributed by atoms with Crippen LogP contribution in [0, 0.1) is 11.6 Å². The van der Waals surface area contributed by atoms with Crippen LogP contribution in [0.15, 0.2) is 42.5 Å². The Morgan fingerprint density at radius 2 is 1.97 bits per heavy atom. The monoisotopic (exact) mass is 430 g/mol. The van der Waals surface area contributed by atoms with Crippen LogP contribution in [0.3, 0.4) is 0 Å². The zero-order valence-electron chi connectivity index (χ0n) is 17.5. The molecule has 3 rings (SSSR count). The van der Waals surface area contributed by atoms with Crippen molar-refractivity contribution in [3.05, 3.63) is 54.1 Å². The second-order valence-electron chi connectivity index (χ2n) is 7.59. The van der Waals surface area contributed by atoms with Crippen molar-refractivity contribution in [3.63, 3.8) is 0 Å². The number of carbonyl (C=O) groups is 3. The average molecular weight is 430 g/mol. The molecule has 0 saturated heterocycles. The predicted molar refractivity (Wildman–Crippen MR) is 114 cm³/mol. The Bertz CT molecular complexity index is 1010. The van der Waals surface area contributed by atoms with E-state index in [0.29, 0.717) is 17.4 Å². The maximum Gasteiger partial charge on any atom is 0.241 e. The molecule has 0 bridgehead atoms. The van der Waals surface area contributed by atoms with Crippen LogP contribution in [-0.4, -0.2) is 48.3 Å². The summed E-state index contributed by atoms with van der Waals surface area (Å²) in [6, 6.07) is 8.75. The van der Waals surface area contributed by atoms with E-state index in [4.69, 9.17) is 0 Å². The summed E-state index contributed by atoms with van der Waals surface area (Å²) in [7, 11) is 1.60. The molecular formula is C22H24F2N4O3. The fourth-order valence-electron chi connectivity index (χ4n) is 3.42. The molecule has 0 aromatic heterocycles. The zero-order chi connectivity index (χ0) is 22.7. The van der Waals surface area contributed by atoms with Crippen LogP contribution in [0.25, 0.3) is 0 Å². The van der Waals surface area contributed by atoms with Gasteiger partial charge in [-0.25, -0.2) is 8.78 Å². The van der Waals surface area contributed by atoms with Crippen molar-refractivity contribution in [2.45, 2.75) is 32.4 Å². The van der Waals surface area contributed by atoms with Crippen molar-refractivity contribution in [1.29, 1.82) is 0 Å². The van der Waals surface area contributed by atoms with Crippen molar-refractivity contribution in [1.82, 2.24) is 4.90 Å². The Labute approximate surface area is 179 Å². The number of likely N-dealkylation sites (N-methyl/N-ethyl adjacent to an activating group) is 1. The molecule has 0 radical (unpaired) electrons. The van der Waals surface area contributed by atoms with Crippen LogP contribution < -0.4 is 15.5 Å². The summed E-state index contributed by atoms with van der Waals surface area (Å²) in [6.07, 6.45) is 0.143. The fraction of sp³-hybridized carbons (Fsp3) is 0.318. The van der Waals surface area contributed by atoms with Crippen molar-refractivity contribution < 1.29 is 23.2 Å². The first kappa shape index (κ1) is 22.4. The lowest BCUT2D eigenvalue weighted by Crippen LogP contribution is -2.48. The number of hydrogen-bond donors (Lipinski definition) is 2. The summed E-state index contributed by atoms with van der Waals surface area (Å²) >= 11 is 0. The summed E-state index contributed by atoms with van der Waals surface area (Å²) in [5, 5.41) is 5.21. The summed E-state index contributed by atoms with van der Waals surface area (Å²) in [5.41, 5.74) is 0.993. The number of amides is 3. The highest BCUT2D eigenvalue weighted by molar-refractivity contribution is 6.05. The van der Waals surface area contributed by atoms with Gasteiger partial charge in [0.05, 0.1) is 29.6 Å². The van der Waals surface area contributed by atoms with Gasteiger partial charge in [0.2, 0.25) is 17.7 Å². The van der Waals surface area contributed by atoms with Gasteiger partial charge < -0.3 is 15.5 Å². The van der Waals surface area contributed by atoms with E-state index < -0.39 is 23.6 Å². The fourth-order valence-corrected chi connectivity index (χ4v) is 3.42. The number of fused-ring (bicyclic) bond motifs is 1. The molecule has 1 heterocycles. The van der Waals surface area contributed by atoms with Gasteiger partial charge in [0.25, 0.3) is 0 Å². The average Bonchev–Trinajstić information content (AvgIpc) is 2.83. The molecule has 2 aromatic rings. The Kier molecular flexibility index (Phi) is 6.65. The Morgan fingerprint density at radius 3 is 2.68 bits per heavy atom. The molecule has 0 fully saturated rings. The van der Waals surface area contributed by atoms with E-state index in [-0.39, 0.29) is 36.5 Å². The highest BCUT2D eigenvalue weighted by Gasteiger charge is 2.31. The predicted octanol–water partition coefficient (Wildman–Crippen LogP) is 2.99. The molecule has 1 aliphatic rings. The maximum atomic E-state index is 13.8. The van der Waals surface area contributed by atoms with E-state index in [0.717, 1.165) is 12.1 Å². The minimum atomic E-state index is -0.883. The Balaban J connectivity index is 1.71. The maximum absolute atomic E-state index is 13.8. The van der Waals surface area contributed by atoms with Crippen molar-refractivity contribution in [3.8, 4) is 0 Å². The number of nitrogens with zero attached hydrogens (tertiary/aromatic N) is 2. The molecule has 0 aliphatic carbocycles. The summed E-state index contributed by atoms with van der Waals surface area (Å²) < 4.78 is 26.9. The number of para-hydroxylation sites is 2. The standard InChI is InChI=1S/C22H24F2N4O3/c1-13-10-20(29)25-18-6-4-5-7-19(18)28(13)21(30)12-27(3)14(2)22(31)26-17-9-8-15(23)11-16(17)24/h4-9,11,13-14H,10,12H2,1-3H3,(H,25,29)(H,26,31)/t13-,14+/m1/s1. The molecule has 7 nitrogen and oxygen atoms in total. The lowest BCUT2D eigenvalue weighted by molar-refractivity contribution is -0.123. The van der Waals surface area contributed by atoms with E-state index in [1.54, 1.807) is 50.1 Å². The van der Waals surface area contributed by atoms with E-state index >= 15 is 0 Å². The summed E-state index contributed by atoms with van der Waals surface area (Å²) in [5.74, 6) is -2.64. The van der Waals surface area contributed by atoms with E-state index in [1.807, 2.05) is 0 Å². The van der Waals surface area contributed by atoms with Crippen LogP contribution in [0.4, 0.5) is 25.8 Å². The van der Waals surface area contributed by atoms with Gasteiger partial charge in [-0.05, 0) is 45.2 Å². The Hall–Kier alpha value is -3.33. The van der Waals surface area contributed by atoms with E-state index in [2.05, 4.69) is 10.6 Å². The third-order valence-electron chi connectivity index (χ3n) is 5.24. The zero-order valence-corrected chi connectivity index (χ0v) is 17.5. The van der Waals surface area contributed by atoms with Gasteiger partial charge in [0, 0.05) is 18.5 Å². The van der Waals surface area contributed by atoms with Crippen LogP contribution in [0.2, 0.25) is 0 Å². The van der Waals surface area contributed by atoms with Gasteiger partial charge in [-0.1, -0.05) is 12.1 Å². The van der Waals surface area contributed by atoms with Crippen LogP contribution >= 0.6 is 0 Å². The smallest absolute Gasteiger partial charge is 0.241 e. The summed E-state index contributed by atoms with van der Waals surface area (Å²) in [6.45, 7) is 3.26. The van der Waals surface area contributed by atoms with Crippen molar-refractivity contribution >= 4 is 34.8 Å². The number of nitrogens with one attached hydrogen (secondary N) is 2. The lowest BCUT2D eigenvalue weighted by Gasteiger charge is -2.31. The van der Waals surface area contributed by atoms with Crippen LogP contribution in [0.5, 0.6) is 0 Å². The lowest BCUT2D eigenvalue weighted by atomic mass is 10.1. The first-order chi connectivity index (χ1) is 14.7. The largest absolute Gasteiger partial charge is 0.324 e. The normalized spacial score (nSPS) is 16.9. The molecule has 2 N–H and O–H groups in total. The Morgan fingerprint density at radius 1 is 1.26 bits per heavy atom. The topological polar surface area (TPSA) is 81.8 Å². The molecule has 164 valence electrons. The van der Waals surface area contributed by atoms with Crippen LogP contribution in [-0.2, 0) is 14.4 Å². The number of carbonyl (C=O) groups excluding carboxylic acids is 3. The minimum Gasteiger partial charge on any atom is -0.324 e. The van der Waals surface area contributed by atoms with E-state index in [1.165, 1.54) is 4.90 Å². The summed E-state index contributed by atoms with van der Waals surface area (Å²) in [4.78, 5) is 40.8. The molecule has 2 aromatic carbocycles. The van der Waals surface area contributed by atoms with Gasteiger partial charge in [0.15, 0.2) is 0 Å². The first-order valence-corrected chi connectivity index (χ1v) is 9.84. The van der Waals surface area contributed by atoms with Gasteiger partial charge in [0.1, 0.15) is 11.6 Å². The number of rotatable bonds is 5. The van der Waals surface area contributed by atoms with Crippen molar-refractivity contribution in [2.75, 3.05) is 29.1 Å². The molecule has 9 heteroatoms. The number of anilines is 3. The number of halogens is 2. The van der Waals surface area contributed by atoms with Gasteiger partial charge in [-0.15, -0.1) is 0 Å². The quantitative estimate of drug-likeness (QED) is 0.764. The number of benzene rings is 2. The SMILES string of the molecule is C[C@@H]1CC(=O)Nc2ccccc2N1C(=O)CN(C)[C@@H](C)C(=O)Nc1ccc(F)cc1F. The van der Waals surface area contributed by atoms with Gasteiger partial charge in [-0.2, -0.15) is 0 Å². The van der Waals surface area contributed by atoms with Crippen molar-refractivity contribution in [2.24, 2.45) is 0 Å². The molecule has 31 heavy (non-hydrogen) atoms. The third-order valence-corrected chi connectivity index (χ3v) is 5.24. The third kappa shape index (κ3) is 5.05. The second-order valence-corrected chi connectivity index (χ2v) is 7.59. The molecular weight excluding hydrogens is 406 g/mol. The van der Waals surface area contributed by atoms with Gasteiger partial charge >= 0.3 is 0 Å². The molecule has 0 saturated carbocycles. The molecule has 0 unspecified atom stereocenters. The number of hydrogen-bond acceptors (Lipinski definition) is 4. The highest BCUT2D eigenvalue weighted by atomic mass is 19.1. The molecule has 3 amide bonds. The molecule has 0 spiro atoms.